The van der Waals surface area contributed by atoms with E-state index in [9.17, 15) is 0 Å². The van der Waals surface area contributed by atoms with Crippen LogP contribution in [0.3, 0.4) is 0 Å². The Balaban J connectivity index is 2.00. The Morgan fingerprint density at radius 2 is 1.89 bits per heavy atom. The summed E-state index contributed by atoms with van der Waals surface area (Å²) in [5.74, 6) is 0.849. The van der Waals surface area contributed by atoms with Gasteiger partial charge in [-0.1, -0.05) is 16.8 Å². The van der Waals surface area contributed by atoms with Gasteiger partial charge in [-0.05, 0) is 30.3 Å². The molecule has 0 atom stereocenters. The summed E-state index contributed by atoms with van der Waals surface area (Å²) in [5.41, 5.74) is 7.80. The van der Waals surface area contributed by atoms with Crippen LogP contribution in [0.4, 0.5) is 5.69 Å². The molecular weight excluding hydrogens is 264 g/mol. The van der Waals surface area contributed by atoms with Gasteiger partial charge in [-0.3, -0.25) is 4.98 Å². The number of nitrogens with two attached hydrogens (primary N) is 1. The van der Waals surface area contributed by atoms with E-state index in [0.29, 0.717) is 28.0 Å². The second kappa shape index (κ2) is 4.70. The van der Waals surface area contributed by atoms with Gasteiger partial charge in [0.25, 0.3) is 5.89 Å². The van der Waals surface area contributed by atoms with Crippen LogP contribution in [0.25, 0.3) is 22.8 Å². The second-order valence-corrected chi connectivity index (χ2v) is 4.31. The van der Waals surface area contributed by atoms with Crippen molar-refractivity contribution in [2.24, 2.45) is 0 Å². The zero-order valence-corrected chi connectivity index (χ0v) is 10.5. The van der Waals surface area contributed by atoms with Gasteiger partial charge < -0.3 is 10.3 Å². The van der Waals surface area contributed by atoms with E-state index >= 15 is 0 Å². The summed E-state index contributed by atoms with van der Waals surface area (Å²) >= 11 is 6.03. The van der Waals surface area contributed by atoms with Gasteiger partial charge >= 0.3 is 0 Å². The largest absolute Gasteiger partial charge is 0.399 e. The Kier molecular flexibility index (Phi) is 2.89. The highest BCUT2D eigenvalue weighted by Gasteiger charge is 2.13. The molecule has 94 valence electrons. The third-order valence-electron chi connectivity index (χ3n) is 2.60. The molecule has 0 saturated carbocycles. The average molecular weight is 273 g/mol. The van der Waals surface area contributed by atoms with Gasteiger partial charge in [0.05, 0.1) is 10.6 Å². The van der Waals surface area contributed by atoms with Crippen LogP contribution in [0.5, 0.6) is 0 Å². The Morgan fingerprint density at radius 1 is 1.11 bits per heavy atom. The third kappa shape index (κ3) is 2.28. The molecule has 0 unspecified atom stereocenters. The number of rotatable bonds is 2. The third-order valence-corrected chi connectivity index (χ3v) is 2.90. The zero-order chi connectivity index (χ0) is 13.2. The summed E-state index contributed by atoms with van der Waals surface area (Å²) in [5, 5.41) is 4.40. The van der Waals surface area contributed by atoms with E-state index in [1.165, 1.54) is 6.20 Å². The Labute approximate surface area is 114 Å². The predicted molar refractivity (Wildman–Crippen MR) is 72.4 cm³/mol. The van der Waals surface area contributed by atoms with Crippen LogP contribution in [0.15, 0.2) is 47.2 Å². The molecule has 0 saturated heterocycles. The van der Waals surface area contributed by atoms with E-state index in [-0.39, 0.29) is 0 Å². The Bertz CT molecular complexity index is 709. The zero-order valence-electron chi connectivity index (χ0n) is 9.75. The molecule has 19 heavy (non-hydrogen) atoms. The maximum Gasteiger partial charge on any atom is 0.259 e. The van der Waals surface area contributed by atoms with Crippen molar-refractivity contribution in [3.63, 3.8) is 0 Å². The molecule has 1 aromatic carbocycles. The van der Waals surface area contributed by atoms with Gasteiger partial charge in [-0.25, -0.2) is 0 Å². The standard InChI is InChI=1S/C13H9ClN4O/c14-11-7-16-6-5-10(11)13-17-12(18-19-13)8-1-3-9(15)4-2-8/h1-7H,15H2. The lowest BCUT2D eigenvalue weighted by Gasteiger charge is -1.96. The van der Waals surface area contributed by atoms with E-state index < -0.39 is 0 Å². The van der Waals surface area contributed by atoms with Gasteiger partial charge in [0.1, 0.15) is 0 Å². The van der Waals surface area contributed by atoms with E-state index in [0.717, 1.165) is 5.56 Å². The van der Waals surface area contributed by atoms with Crippen molar-refractivity contribution in [2.75, 3.05) is 5.73 Å². The normalized spacial score (nSPS) is 10.6. The van der Waals surface area contributed by atoms with Crippen LogP contribution < -0.4 is 5.73 Å². The monoisotopic (exact) mass is 272 g/mol. The molecule has 0 fully saturated rings. The molecule has 6 heteroatoms. The Morgan fingerprint density at radius 3 is 2.63 bits per heavy atom. The minimum atomic E-state index is 0.360. The summed E-state index contributed by atoms with van der Waals surface area (Å²) in [7, 11) is 0. The minimum Gasteiger partial charge on any atom is -0.399 e. The molecule has 0 aliphatic rings. The van der Waals surface area contributed by atoms with Crippen molar-refractivity contribution in [2.45, 2.75) is 0 Å². The maximum absolute atomic E-state index is 6.03. The number of halogens is 1. The van der Waals surface area contributed by atoms with E-state index in [4.69, 9.17) is 21.9 Å². The number of pyridine rings is 1. The van der Waals surface area contributed by atoms with Crippen molar-refractivity contribution in [1.82, 2.24) is 15.1 Å². The average Bonchev–Trinajstić information content (AvgIpc) is 2.89. The van der Waals surface area contributed by atoms with Gasteiger partial charge in [-0.15, -0.1) is 0 Å². The summed E-state index contributed by atoms with van der Waals surface area (Å²) < 4.78 is 5.21. The van der Waals surface area contributed by atoms with Crippen LogP contribution in [0.2, 0.25) is 5.02 Å². The van der Waals surface area contributed by atoms with Crippen molar-refractivity contribution in [3.8, 4) is 22.8 Å². The first kappa shape index (κ1) is 11.7. The molecule has 0 aliphatic carbocycles. The summed E-state index contributed by atoms with van der Waals surface area (Å²) in [6.45, 7) is 0. The first-order valence-corrected chi connectivity index (χ1v) is 5.91. The molecule has 2 heterocycles. The maximum atomic E-state index is 6.03. The van der Waals surface area contributed by atoms with Gasteiger partial charge in [0.15, 0.2) is 0 Å². The number of nitrogens with zero attached hydrogens (tertiary/aromatic N) is 3. The van der Waals surface area contributed by atoms with Crippen LogP contribution in [-0.2, 0) is 0 Å². The SMILES string of the molecule is Nc1ccc(-c2noc(-c3ccncc3Cl)n2)cc1. The highest BCUT2D eigenvalue weighted by atomic mass is 35.5. The topological polar surface area (TPSA) is 77.8 Å². The molecule has 2 N–H and O–H groups in total. The second-order valence-electron chi connectivity index (χ2n) is 3.90. The number of hydrogen-bond donors (Lipinski definition) is 1. The predicted octanol–water partition coefficient (Wildman–Crippen LogP) is 3.03. The quantitative estimate of drug-likeness (QED) is 0.726. The number of aromatic nitrogens is 3. The lowest BCUT2D eigenvalue weighted by Crippen LogP contribution is -1.85. The molecule has 2 aromatic heterocycles. The summed E-state index contributed by atoms with van der Waals surface area (Å²) in [6.07, 6.45) is 3.15. The minimum absolute atomic E-state index is 0.360. The summed E-state index contributed by atoms with van der Waals surface area (Å²) in [6, 6.07) is 8.95. The fourth-order valence-corrected chi connectivity index (χ4v) is 1.83. The van der Waals surface area contributed by atoms with E-state index in [1.54, 1.807) is 24.4 Å². The van der Waals surface area contributed by atoms with E-state index in [2.05, 4.69) is 15.1 Å². The van der Waals surface area contributed by atoms with Gasteiger partial charge in [-0.2, -0.15) is 4.98 Å². The molecule has 3 aromatic rings. The number of benzene rings is 1. The number of hydrogen-bond acceptors (Lipinski definition) is 5. The molecule has 0 bridgehead atoms. The van der Waals surface area contributed by atoms with Crippen molar-refractivity contribution < 1.29 is 4.52 Å². The van der Waals surface area contributed by atoms with Crippen molar-refractivity contribution in [1.29, 1.82) is 0 Å². The van der Waals surface area contributed by atoms with Crippen molar-refractivity contribution in [3.05, 3.63) is 47.7 Å². The van der Waals surface area contributed by atoms with E-state index in [1.807, 2.05) is 12.1 Å². The fraction of sp³-hybridized carbons (Fsp3) is 0. The fourth-order valence-electron chi connectivity index (χ4n) is 1.63. The van der Waals surface area contributed by atoms with Crippen LogP contribution in [0.1, 0.15) is 0 Å². The molecule has 5 nitrogen and oxygen atoms in total. The molecule has 0 aliphatic heterocycles. The highest BCUT2D eigenvalue weighted by Crippen LogP contribution is 2.27. The highest BCUT2D eigenvalue weighted by molar-refractivity contribution is 6.32. The van der Waals surface area contributed by atoms with Crippen LogP contribution >= 0.6 is 11.6 Å². The molecule has 0 spiro atoms. The first-order chi connectivity index (χ1) is 9.24. The summed E-state index contributed by atoms with van der Waals surface area (Å²) in [4.78, 5) is 8.22. The van der Waals surface area contributed by atoms with Crippen LogP contribution in [0, 0.1) is 0 Å². The molecule has 0 radical (unpaired) electrons. The van der Waals surface area contributed by atoms with Crippen molar-refractivity contribution >= 4 is 17.3 Å². The smallest absolute Gasteiger partial charge is 0.259 e. The number of anilines is 1. The lowest BCUT2D eigenvalue weighted by atomic mass is 10.2. The lowest BCUT2D eigenvalue weighted by molar-refractivity contribution is 0.432. The molecule has 3 rings (SSSR count). The molecule has 0 amide bonds. The first-order valence-electron chi connectivity index (χ1n) is 5.53. The van der Waals surface area contributed by atoms with Gasteiger partial charge in [0.2, 0.25) is 5.82 Å². The Hall–Kier alpha value is -2.40. The van der Waals surface area contributed by atoms with Gasteiger partial charge in [0, 0.05) is 23.6 Å². The van der Waals surface area contributed by atoms with Crippen LogP contribution in [-0.4, -0.2) is 15.1 Å². The number of nitrogen functional groups attached to an aromatic ring is 1. The molecular formula is C13H9ClN4O.